The summed E-state index contributed by atoms with van der Waals surface area (Å²) in [6.45, 7) is 14.5. The lowest BCUT2D eigenvalue weighted by molar-refractivity contribution is -0.938. The molecular formula is C25H46N+. The molecule has 0 saturated carbocycles. The summed E-state index contributed by atoms with van der Waals surface area (Å²) in [6, 6.07) is 11.1. The highest BCUT2D eigenvalue weighted by atomic mass is 15.3. The van der Waals surface area contributed by atoms with Crippen LogP contribution >= 0.6 is 0 Å². The summed E-state index contributed by atoms with van der Waals surface area (Å²) < 4.78 is 1.25. The number of unbranched alkanes of at least 4 members (excludes halogenated alkanes) is 8. The van der Waals surface area contributed by atoms with Crippen LogP contribution < -0.4 is 0 Å². The van der Waals surface area contributed by atoms with Crippen LogP contribution in [0.3, 0.4) is 0 Å². The molecule has 0 heterocycles. The fourth-order valence-electron chi connectivity index (χ4n) is 4.05. The molecule has 1 aromatic carbocycles. The Hall–Kier alpha value is -0.820. The molecule has 0 aliphatic carbocycles. The van der Waals surface area contributed by atoms with Crippen LogP contribution in [0.4, 0.5) is 0 Å². The van der Waals surface area contributed by atoms with Crippen LogP contribution in [-0.2, 0) is 6.54 Å². The zero-order chi connectivity index (χ0) is 19.1. The van der Waals surface area contributed by atoms with Crippen molar-refractivity contribution in [1.82, 2.24) is 0 Å². The van der Waals surface area contributed by atoms with Gasteiger partial charge in [0.05, 0.1) is 19.6 Å². The normalized spacial score (nSPS) is 12.0. The molecule has 0 atom stereocenters. The summed E-state index contributed by atoms with van der Waals surface area (Å²) in [5, 5.41) is 0. The second kappa shape index (κ2) is 14.3. The van der Waals surface area contributed by atoms with E-state index in [1.165, 1.54) is 100 Å². The molecule has 0 aliphatic rings. The fourth-order valence-corrected chi connectivity index (χ4v) is 4.05. The number of quaternary nitrogens is 1. The van der Waals surface area contributed by atoms with E-state index in [0.717, 1.165) is 5.92 Å². The van der Waals surface area contributed by atoms with Gasteiger partial charge in [-0.15, -0.1) is 0 Å². The van der Waals surface area contributed by atoms with Crippen LogP contribution in [0, 0.1) is 5.92 Å². The van der Waals surface area contributed by atoms with Crippen molar-refractivity contribution >= 4 is 0 Å². The van der Waals surface area contributed by atoms with Crippen molar-refractivity contribution in [2.75, 3.05) is 19.6 Å². The zero-order valence-electron chi connectivity index (χ0n) is 18.3. The van der Waals surface area contributed by atoms with Gasteiger partial charge in [-0.2, -0.15) is 0 Å². The van der Waals surface area contributed by atoms with Crippen LogP contribution in [-0.4, -0.2) is 24.1 Å². The second-order valence-electron chi connectivity index (χ2n) is 8.71. The SMILES string of the molecule is CC[N+](CC)(CCCCCCCCCCCC(C)C)Cc1ccccc1. The Bertz CT molecular complexity index is 419. The number of nitrogens with zero attached hydrogens (tertiary/aromatic N) is 1. The van der Waals surface area contributed by atoms with Crippen LogP contribution in [0.2, 0.25) is 0 Å². The minimum atomic E-state index is 0.883. The zero-order valence-corrected chi connectivity index (χ0v) is 18.3. The van der Waals surface area contributed by atoms with Crippen LogP contribution in [0.1, 0.15) is 97.5 Å². The van der Waals surface area contributed by atoms with E-state index in [1.807, 2.05) is 0 Å². The minimum absolute atomic E-state index is 0.883. The summed E-state index contributed by atoms with van der Waals surface area (Å²) in [6.07, 6.45) is 14.4. The Morgan fingerprint density at radius 1 is 0.692 bits per heavy atom. The molecule has 1 nitrogen and oxygen atoms in total. The van der Waals surface area contributed by atoms with Gasteiger partial charge in [-0.3, -0.25) is 0 Å². The number of hydrogen-bond acceptors (Lipinski definition) is 0. The Kier molecular flexibility index (Phi) is 12.7. The van der Waals surface area contributed by atoms with Crippen LogP contribution in [0.5, 0.6) is 0 Å². The lowest BCUT2D eigenvalue weighted by Gasteiger charge is -2.37. The van der Waals surface area contributed by atoms with Gasteiger partial charge in [0.15, 0.2) is 0 Å². The lowest BCUT2D eigenvalue weighted by Crippen LogP contribution is -2.47. The first kappa shape index (κ1) is 23.2. The summed E-state index contributed by atoms with van der Waals surface area (Å²) in [7, 11) is 0. The standard InChI is InChI=1S/C25H46N/c1-5-26(6-2,23-25-20-16-14-17-21-25)22-18-13-11-9-7-8-10-12-15-19-24(3)4/h14,16-17,20-21,24H,5-13,15,18-19,22-23H2,1-4H3/q+1. The maximum atomic E-state index is 2.37. The van der Waals surface area contributed by atoms with Crippen molar-refractivity contribution in [3.05, 3.63) is 35.9 Å². The van der Waals surface area contributed by atoms with E-state index in [9.17, 15) is 0 Å². The van der Waals surface area contributed by atoms with Gasteiger partial charge < -0.3 is 4.48 Å². The highest BCUT2D eigenvalue weighted by Crippen LogP contribution is 2.18. The average Bonchev–Trinajstić information content (AvgIpc) is 2.65. The Labute approximate surface area is 164 Å². The highest BCUT2D eigenvalue weighted by Gasteiger charge is 2.22. The molecule has 0 unspecified atom stereocenters. The second-order valence-corrected chi connectivity index (χ2v) is 8.71. The van der Waals surface area contributed by atoms with E-state index in [2.05, 4.69) is 58.0 Å². The quantitative estimate of drug-likeness (QED) is 0.210. The summed E-state index contributed by atoms with van der Waals surface area (Å²) in [5.41, 5.74) is 1.49. The number of rotatable bonds is 16. The third kappa shape index (κ3) is 10.4. The van der Waals surface area contributed by atoms with Gasteiger partial charge in [-0.05, 0) is 32.6 Å². The Morgan fingerprint density at radius 3 is 1.69 bits per heavy atom. The number of benzene rings is 1. The van der Waals surface area contributed by atoms with Gasteiger partial charge >= 0.3 is 0 Å². The summed E-state index contributed by atoms with van der Waals surface area (Å²) in [5.74, 6) is 0.883. The maximum Gasteiger partial charge on any atom is 0.104 e. The molecule has 0 bridgehead atoms. The Balaban J connectivity index is 2.10. The van der Waals surface area contributed by atoms with Crippen LogP contribution in [0.25, 0.3) is 0 Å². The van der Waals surface area contributed by atoms with Crippen molar-refractivity contribution in [3.8, 4) is 0 Å². The first-order valence-corrected chi connectivity index (χ1v) is 11.5. The molecule has 0 amide bonds. The molecule has 0 aliphatic heterocycles. The molecule has 0 N–H and O–H groups in total. The summed E-state index contributed by atoms with van der Waals surface area (Å²) in [4.78, 5) is 0. The number of hydrogen-bond donors (Lipinski definition) is 0. The van der Waals surface area contributed by atoms with E-state index >= 15 is 0 Å². The van der Waals surface area contributed by atoms with E-state index in [0.29, 0.717) is 0 Å². The van der Waals surface area contributed by atoms with Crippen LogP contribution in [0.15, 0.2) is 30.3 Å². The van der Waals surface area contributed by atoms with Gasteiger partial charge in [0.2, 0.25) is 0 Å². The van der Waals surface area contributed by atoms with Crippen molar-refractivity contribution in [3.63, 3.8) is 0 Å². The fraction of sp³-hybridized carbons (Fsp3) is 0.760. The third-order valence-corrected chi connectivity index (χ3v) is 6.12. The van der Waals surface area contributed by atoms with Crippen molar-refractivity contribution in [2.45, 2.75) is 98.4 Å². The predicted octanol–water partition coefficient (Wildman–Crippen LogP) is 7.60. The smallest absolute Gasteiger partial charge is 0.104 e. The van der Waals surface area contributed by atoms with E-state index in [-0.39, 0.29) is 0 Å². The van der Waals surface area contributed by atoms with Crippen molar-refractivity contribution < 1.29 is 4.48 Å². The van der Waals surface area contributed by atoms with Crippen molar-refractivity contribution in [2.24, 2.45) is 5.92 Å². The molecule has 0 spiro atoms. The molecule has 1 aromatic rings. The topological polar surface area (TPSA) is 0 Å². The lowest BCUT2D eigenvalue weighted by atomic mass is 10.0. The molecule has 1 heteroatoms. The molecule has 0 saturated heterocycles. The average molecular weight is 361 g/mol. The molecule has 26 heavy (non-hydrogen) atoms. The first-order valence-electron chi connectivity index (χ1n) is 11.5. The maximum absolute atomic E-state index is 2.37. The predicted molar refractivity (Wildman–Crippen MR) is 117 cm³/mol. The van der Waals surface area contributed by atoms with Gasteiger partial charge in [0.25, 0.3) is 0 Å². The van der Waals surface area contributed by atoms with Gasteiger partial charge in [-0.25, -0.2) is 0 Å². The van der Waals surface area contributed by atoms with E-state index in [4.69, 9.17) is 0 Å². The van der Waals surface area contributed by atoms with Gasteiger partial charge in [0, 0.05) is 5.56 Å². The van der Waals surface area contributed by atoms with Gasteiger partial charge in [0.1, 0.15) is 6.54 Å². The molecule has 0 fully saturated rings. The minimum Gasteiger partial charge on any atom is -0.320 e. The molecule has 0 radical (unpaired) electrons. The summed E-state index contributed by atoms with van der Waals surface area (Å²) >= 11 is 0. The molecular weight excluding hydrogens is 314 g/mol. The Morgan fingerprint density at radius 2 is 1.19 bits per heavy atom. The van der Waals surface area contributed by atoms with Gasteiger partial charge in [-0.1, -0.05) is 95.5 Å². The van der Waals surface area contributed by atoms with E-state index < -0.39 is 0 Å². The molecule has 1 rings (SSSR count). The molecule has 0 aromatic heterocycles. The monoisotopic (exact) mass is 360 g/mol. The third-order valence-electron chi connectivity index (χ3n) is 6.12. The van der Waals surface area contributed by atoms with Crippen molar-refractivity contribution in [1.29, 1.82) is 0 Å². The first-order chi connectivity index (χ1) is 12.6. The highest BCUT2D eigenvalue weighted by molar-refractivity contribution is 5.13. The largest absolute Gasteiger partial charge is 0.320 e. The molecule has 150 valence electrons. The van der Waals surface area contributed by atoms with E-state index in [1.54, 1.807) is 0 Å².